The first-order valence-electron chi connectivity index (χ1n) is 9.04. The lowest BCUT2D eigenvalue weighted by atomic mass is 10.2. The van der Waals surface area contributed by atoms with Crippen molar-refractivity contribution < 1.29 is 13.2 Å². The number of benzene rings is 2. The monoisotopic (exact) mass is 400 g/mol. The molecule has 0 fully saturated rings. The average molecular weight is 401 g/mol. The summed E-state index contributed by atoms with van der Waals surface area (Å²) in [5.74, 6) is 5.99. The summed E-state index contributed by atoms with van der Waals surface area (Å²) < 4.78 is 27.4. The molecule has 0 atom stereocenters. The molecule has 7 nitrogen and oxygen atoms in total. The maximum Gasteiger partial charge on any atom is 0.272 e. The number of para-hydroxylation sites is 1. The predicted molar refractivity (Wildman–Crippen MR) is 110 cm³/mol. The van der Waals surface area contributed by atoms with Gasteiger partial charge in [-0.2, -0.15) is 0 Å². The number of nitrogens with two attached hydrogens (primary N) is 1. The molecule has 0 saturated carbocycles. The standard InChI is InChI=1S/C20H24N4O3S/c1-3-12-23(14-15-8-10-17(11-9-15)28(26,27)22-2)20(25)19-13-16-6-4-5-7-18(16)24(19)21/h4-11,13,22H,3,12,14,21H2,1-2H3. The van der Waals surface area contributed by atoms with E-state index in [0.717, 1.165) is 22.9 Å². The molecule has 0 aliphatic carbocycles. The zero-order valence-corrected chi connectivity index (χ0v) is 16.7. The van der Waals surface area contributed by atoms with Gasteiger partial charge in [0.25, 0.3) is 5.91 Å². The SMILES string of the molecule is CCCN(Cc1ccc(S(=O)(=O)NC)cc1)C(=O)c1cc2ccccc2n1N. The van der Waals surface area contributed by atoms with Crippen LogP contribution >= 0.6 is 0 Å². The lowest BCUT2D eigenvalue weighted by Gasteiger charge is -2.22. The van der Waals surface area contributed by atoms with Gasteiger partial charge in [0.2, 0.25) is 10.0 Å². The minimum Gasteiger partial charge on any atom is -0.338 e. The number of rotatable bonds is 7. The molecule has 0 unspecified atom stereocenters. The molecule has 148 valence electrons. The molecule has 3 N–H and O–H groups in total. The molecule has 0 saturated heterocycles. The smallest absolute Gasteiger partial charge is 0.272 e. The lowest BCUT2D eigenvalue weighted by molar-refractivity contribution is 0.0735. The first-order chi connectivity index (χ1) is 13.4. The summed E-state index contributed by atoms with van der Waals surface area (Å²) in [4.78, 5) is 15.0. The van der Waals surface area contributed by atoms with E-state index in [-0.39, 0.29) is 10.8 Å². The van der Waals surface area contributed by atoms with Crippen molar-refractivity contribution >= 4 is 26.8 Å². The molecule has 3 aromatic rings. The minimum atomic E-state index is -3.48. The Morgan fingerprint density at radius 2 is 1.82 bits per heavy atom. The van der Waals surface area contributed by atoms with Crippen molar-refractivity contribution in [2.75, 3.05) is 19.4 Å². The van der Waals surface area contributed by atoms with Gasteiger partial charge in [-0.05, 0) is 43.3 Å². The zero-order chi connectivity index (χ0) is 20.3. The molecule has 1 heterocycles. The average Bonchev–Trinajstić information content (AvgIpc) is 3.04. The van der Waals surface area contributed by atoms with Gasteiger partial charge in [-0.1, -0.05) is 37.3 Å². The molecule has 3 rings (SSSR count). The van der Waals surface area contributed by atoms with E-state index in [9.17, 15) is 13.2 Å². The van der Waals surface area contributed by atoms with E-state index in [4.69, 9.17) is 5.84 Å². The topological polar surface area (TPSA) is 97.4 Å². The first kappa shape index (κ1) is 19.9. The summed E-state index contributed by atoms with van der Waals surface area (Å²) in [5.41, 5.74) is 2.06. The molecular formula is C20H24N4O3S. The molecule has 1 aromatic heterocycles. The second-order valence-electron chi connectivity index (χ2n) is 6.54. The summed E-state index contributed by atoms with van der Waals surface area (Å²) in [6.45, 7) is 2.94. The maximum absolute atomic E-state index is 13.1. The van der Waals surface area contributed by atoms with Crippen LogP contribution in [0.4, 0.5) is 0 Å². The number of hydrogen-bond acceptors (Lipinski definition) is 4. The van der Waals surface area contributed by atoms with Gasteiger partial charge in [0.1, 0.15) is 5.69 Å². The van der Waals surface area contributed by atoms with Crippen molar-refractivity contribution in [3.05, 3.63) is 65.9 Å². The highest BCUT2D eigenvalue weighted by atomic mass is 32.2. The number of carbonyl (C=O) groups excluding carboxylic acids is 1. The summed E-state index contributed by atoms with van der Waals surface area (Å²) >= 11 is 0. The normalized spacial score (nSPS) is 11.6. The van der Waals surface area contributed by atoms with Crippen LogP contribution in [0.15, 0.2) is 59.5 Å². The predicted octanol–water partition coefficient (Wildman–Crippen LogP) is 2.32. The molecule has 28 heavy (non-hydrogen) atoms. The van der Waals surface area contributed by atoms with Gasteiger partial charge < -0.3 is 10.7 Å². The van der Waals surface area contributed by atoms with Gasteiger partial charge in [-0.25, -0.2) is 13.1 Å². The molecule has 0 aliphatic heterocycles. The number of nitrogens with zero attached hydrogens (tertiary/aromatic N) is 2. The quantitative estimate of drug-likeness (QED) is 0.595. The summed E-state index contributed by atoms with van der Waals surface area (Å²) in [7, 11) is -2.11. The number of nitrogen functional groups attached to an aromatic ring is 1. The van der Waals surface area contributed by atoms with Crippen molar-refractivity contribution in [3.63, 3.8) is 0 Å². The van der Waals surface area contributed by atoms with E-state index in [0.29, 0.717) is 18.8 Å². The van der Waals surface area contributed by atoms with Crippen molar-refractivity contribution in [2.45, 2.75) is 24.8 Å². The Labute approximate surface area is 164 Å². The number of sulfonamides is 1. The number of nitrogens with one attached hydrogen (secondary N) is 1. The fourth-order valence-corrected chi connectivity index (χ4v) is 3.87. The number of carbonyl (C=O) groups is 1. The van der Waals surface area contributed by atoms with Crippen LogP contribution in [0.5, 0.6) is 0 Å². The molecule has 1 amide bonds. The lowest BCUT2D eigenvalue weighted by Crippen LogP contribution is -2.34. The second kappa shape index (κ2) is 8.04. The Balaban J connectivity index is 1.86. The van der Waals surface area contributed by atoms with Crippen LogP contribution in [0.2, 0.25) is 0 Å². The van der Waals surface area contributed by atoms with Gasteiger partial charge in [-0.3, -0.25) is 9.47 Å². The van der Waals surface area contributed by atoms with E-state index in [1.165, 1.54) is 23.9 Å². The Morgan fingerprint density at radius 1 is 1.14 bits per heavy atom. The van der Waals surface area contributed by atoms with E-state index < -0.39 is 10.0 Å². The van der Waals surface area contributed by atoms with Crippen LogP contribution < -0.4 is 10.6 Å². The first-order valence-corrected chi connectivity index (χ1v) is 10.5. The fraction of sp³-hybridized carbons (Fsp3) is 0.250. The summed E-state index contributed by atoms with van der Waals surface area (Å²) in [5, 5.41) is 0.909. The van der Waals surface area contributed by atoms with E-state index >= 15 is 0 Å². The van der Waals surface area contributed by atoms with Crippen LogP contribution in [0.3, 0.4) is 0 Å². The van der Waals surface area contributed by atoms with Gasteiger partial charge in [0, 0.05) is 18.5 Å². The Morgan fingerprint density at radius 3 is 2.43 bits per heavy atom. The fourth-order valence-electron chi connectivity index (χ4n) is 3.14. The molecule has 0 bridgehead atoms. The van der Waals surface area contributed by atoms with E-state index in [2.05, 4.69) is 4.72 Å². The second-order valence-corrected chi connectivity index (χ2v) is 8.42. The Hall–Kier alpha value is -2.84. The summed E-state index contributed by atoms with van der Waals surface area (Å²) in [6.07, 6.45) is 0.794. The molecule has 2 aromatic carbocycles. The van der Waals surface area contributed by atoms with Gasteiger partial charge >= 0.3 is 0 Å². The number of fused-ring (bicyclic) bond motifs is 1. The van der Waals surface area contributed by atoms with Gasteiger partial charge in [0.15, 0.2) is 0 Å². The van der Waals surface area contributed by atoms with Crippen molar-refractivity contribution in [3.8, 4) is 0 Å². The molecule has 0 aliphatic rings. The minimum absolute atomic E-state index is 0.160. The highest BCUT2D eigenvalue weighted by Crippen LogP contribution is 2.20. The highest BCUT2D eigenvalue weighted by Gasteiger charge is 2.21. The van der Waals surface area contributed by atoms with Crippen LogP contribution in [0, 0.1) is 0 Å². The number of amides is 1. The maximum atomic E-state index is 13.1. The third-order valence-electron chi connectivity index (χ3n) is 4.62. The summed E-state index contributed by atoms with van der Waals surface area (Å²) in [6, 6.07) is 15.9. The molecule has 0 radical (unpaired) electrons. The highest BCUT2D eigenvalue weighted by molar-refractivity contribution is 7.89. The van der Waals surface area contributed by atoms with Crippen molar-refractivity contribution in [1.29, 1.82) is 0 Å². The van der Waals surface area contributed by atoms with Crippen LogP contribution in [0.1, 0.15) is 29.4 Å². The molecular weight excluding hydrogens is 376 g/mol. The Bertz CT molecular complexity index is 1090. The van der Waals surface area contributed by atoms with Gasteiger partial charge in [-0.15, -0.1) is 0 Å². The van der Waals surface area contributed by atoms with Crippen molar-refractivity contribution in [1.82, 2.24) is 14.3 Å². The third-order valence-corrected chi connectivity index (χ3v) is 6.05. The van der Waals surface area contributed by atoms with E-state index in [1.807, 2.05) is 31.2 Å². The van der Waals surface area contributed by atoms with Crippen LogP contribution in [-0.4, -0.2) is 37.5 Å². The number of hydrogen-bond donors (Lipinski definition) is 2. The van der Waals surface area contributed by atoms with Crippen LogP contribution in [0.25, 0.3) is 10.9 Å². The number of aromatic nitrogens is 1. The molecule has 0 spiro atoms. The van der Waals surface area contributed by atoms with Crippen molar-refractivity contribution in [2.24, 2.45) is 0 Å². The molecule has 8 heteroatoms. The zero-order valence-electron chi connectivity index (χ0n) is 15.9. The van der Waals surface area contributed by atoms with Gasteiger partial charge in [0.05, 0.1) is 10.4 Å². The Kier molecular flexibility index (Phi) is 5.71. The van der Waals surface area contributed by atoms with Crippen LogP contribution in [-0.2, 0) is 16.6 Å². The van der Waals surface area contributed by atoms with E-state index in [1.54, 1.807) is 23.1 Å². The third kappa shape index (κ3) is 3.88. The largest absolute Gasteiger partial charge is 0.338 e.